The molecule has 1 aromatic heterocycles. The summed E-state index contributed by atoms with van der Waals surface area (Å²) in [4.78, 5) is 23.9. The molecule has 1 heterocycles. The van der Waals surface area contributed by atoms with Gasteiger partial charge < -0.3 is 24.3 Å². The van der Waals surface area contributed by atoms with Crippen molar-refractivity contribution >= 4 is 23.0 Å². The molecule has 0 aliphatic heterocycles. The lowest BCUT2D eigenvalue weighted by atomic mass is 10.1. The number of phenolic OH excluding ortho intramolecular Hbond substituents is 1. The van der Waals surface area contributed by atoms with Gasteiger partial charge in [0.1, 0.15) is 29.6 Å². The van der Waals surface area contributed by atoms with Crippen molar-refractivity contribution in [2.24, 2.45) is 0 Å². The number of aromatic hydroxyl groups is 1. The molecular weight excluding hydrogens is 388 g/mol. The summed E-state index contributed by atoms with van der Waals surface area (Å²) in [6, 6.07) is 14.6. The highest BCUT2D eigenvalue weighted by atomic mass is 16.5. The number of phenols is 1. The number of hydrogen-bond donors (Lipinski definition) is 2. The highest BCUT2D eigenvalue weighted by Gasteiger charge is 2.14. The van der Waals surface area contributed by atoms with Crippen molar-refractivity contribution in [3.8, 4) is 23.3 Å². The molecule has 30 heavy (non-hydrogen) atoms. The summed E-state index contributed by atoms with van der Waals surface area (Å²) in [7, 11) is 1.53. The van der Waals surface area contributed by atoms with Crippen LogP contribution in [0.5, 0.6) is 17.2 Å². The third-order valence-electron chi connectivity index (χ3n) is 4.17. The van der Waals surface area contributed by atoms with Gasteiger partial charge in [0.05, 0.1) is 19.2 Å². The number of para-hydroxylation sites is 2. The van der Waals surface area contributed by atoms with E-state index in [1.807, 2.05) is 6.07 Å². The number of carbonyl (C=O) groups is 1. The van der Waals surface area contributed by atoms with E-state index in [1.165, 1.54) is 31.4 Å². The number of nitriles is 1. The summed E-state index contributed by atoms with van der Waals surface area (Å²) >= 11 is 0. The van der Waals surface area contributed by atoms with Crippen LogP contribution in [0.15, 0.2) is 63.3 Å². The Morgan fingerprint density at radius 2 is 1.93 bits per heavy atom. The zero-order valence-corrected chi connectivity index (χ0v) is 16.0. The van der Waals surface area contributed by atoms with E-state index < -0.39 is 11.5 Å². The molecule has 0 aliphatic carbocycles. The predicted molar refractivity (Wildman–Crippen MR) is 109 cm³/mol. The molecule has 0 atom stereocenters. The monoisotopic (exact) mass is 406 g/mol. The van der Waals surface area contributed by atoms with E-state index >= 15 is 0 Å². The minimum atomic E-state index is -0.657. The van der Waals surface area contributed by atoms with Crippen molar-refractivity contribution in [1.29, 1.82) is 5.26 Å². The lowest BCUT2D eigenvalue weighted by molar-refractivity contribution is -0.117. The molecule has 3 aromatic rings. The first-order chi connectivity index (χ1) is 14.5. The maximum atomic E-state index is 12.4. The van der Waals surface area contributed by atoms with Crippen LogP contribution in [0.4, 0.5) is 0 Å². The van der Waals surface area contributed by atoms with Crippen molar-refractivity contribution in [2.75, 3.05) is 20.3 Å². The second-order valence-corrected chi connectivity index (χ2v) is 6.10. The van der Waals surface area contributed by atoms with Crippen molar-refractivity contribution in [3.63, 3.8) is 0 Å². The smallest absolute Gasteiger partial charge is 0.336 e. The van der Waals surface area contributed by atoms with Crippen molar-refractivity contribution in [2.45, 2.75) is 0 Å². The molecular formula is C22H18N2O6. The van der Waals surface area contributed by atoms with Gasteiger partial charge in [0.25, 0.3) is 5.91 Å². The average molecular weight is 406 g/mol. The number of methoxy groups -OCH3 is 1. The Kier molecular flexibility index (Phi) is 6.35. The third-order valence-corrected chi connectivity index (χ3v) is 4.17. The van der Waals surface area contributed by atoms with Gasteiger partial charge in [-0.1, -0.05) is 12.1 Å². The fraction of sp³-hybridized carbons (Fsp3) is 0.136. The largest absolute Gasteiger partial charge is 0.507 e. The van der Waals surface area contributed by atoms with Crippen LogP contribution in [-0.2, 0) is 4.79 Å². The summed E-state index contributed by atoms with van der Waals surface area (Å²) in [5.74, 6) is 0.211. The van der Waals surface area contributed by atoms with Crippen LogP contribution in [-0.4, -0.2) is 31.3 Å². The molecule has 0 aliphatic rings. The standard InChI is InChI=1S/C22H18N2O6/c1-28-18-4-2-3-5-19(18)29-11-10-24-22(27)15(13-23)12-16-17(25)8-6-14-7-9-20(26)30-21(14)16/h2-9,12,25H,10-11H2,1H3,(H,24,27)/b15-12+. The number of rotatable bonds is 7. The summed E-state index contributed by atoms with van der Waals surface area (Å²) in [6.07, 6.45) is 1.18. The van der Waals surface area contributed by atoms with Crippen molar-refractivity contribution in [1.82, 2.24) is 5.32 Å². The third kappa shape index (κ3) is 4.59. The SMILES string of the molecule is COc1ccccc1OCCNC(=O)/C(C#N)=C/c1c(O)ccc2ccc(=O)oc12. The van der Waals surface area contributed by atoms with Crippen LogP contribution in [0.1, 0.15) is 5.56 Å². The maximum Gasteiger partial charge on any atom is 0.336 e. The van der Waals surface area contributed by atoms with Crippen LogP contribution in [0.25, 0.3) is 17.0 Å². The fourth-order valence-electron chi connectivity index (χ4n) is 2.73. The number of nitrogens with one attached hydrogen (secondary N) is 1. The van der Waals surface area contributed by atoms with Gasteiger partial charge in [0.2, 0.25) is 0 Å². The van der Waals surface area contributed by atoms with E-state index in [9.17, 15) is 20.0 Å². The Bertz CT molecular complexity index is 1210. The Balaban J connectivity index is 1.72. The first-order valence-electron chi connectivity index (χ1n) is 8.95. The fourth-order valence-corrected chi connectivity index (χ4v) is 2.73. The lowest BCUT2D eigenvalue weighted by Gasteiger charge is -2.10. The van der Waals surface area contributed by atoms with Crippen LogP contribution in [0, 0.1) is 11.3 Å². The number of ether oxygens (including phenoxy) is 2. The molecule has 8 nitrogen and oxygen atoms in total. The van der Waals surface area contributed by atoms with Gasteiger partial charge in [-0.15, -0.1) is 0 Å². The zero-order chi connectivity index (χ0) is 21.5. The maximum absolute atomic E-state index is 12.4. The Labute approximate surface area is 171 Å². The molecule has 0 saturated carbocycles. The number of hydrogen-bond acceptors (Lipinski definition) is 7. The number of carbonyl (C=O) groups excluding carboxylic acids is 1. The summed E-state index contributed by atoms with van der Waals surface area (Å²) < 4.78 is 15.9. The van der Waals surface area contributed by atoms with Gasteiger partial charge in [-0.2, -0.15) is 5.26 Å². The van der Waals surface area contributed by atoms with E-state index in [0.29, 0.717) is 16.9 Å². The average Bonchev–Trinajstić information content (AvgIpc) is 2.76. The normalized spacial score (nSPS) is 11.0. The van der Waals surface area contributed by atoms with E-state index in [-0.39, 0.29) is 35.6 Å². The molecule has 1 amide bonds. The number of nitrogens with zero attached hydrogens (tertiary/aromatic N) is 1. The molecule has 2 N–H and O–H groups in total. The molecule has 0 fully saturated rings. The van der Waals surface area contributed by atoms with Crippen molar-refractivity contribution < 1.29 is 23.8 Å². The van der Waals surface area contributed by atoms with E-state index in [2.05, 4.69) is 5.32 Å². The molecule has 0 unspecified atom stereocenters. The first kappa shape index (κ1) is 20.5. The van der Waals surface area contributed by atoms with Crippen LogP contribution in [0.2, 0.25) is 0 Å². The molecule has 8 heteroatoms. The van der Waals surface area contributed by atoms with Crippen LogP contribution in [0.3, 0.4) is 0 Å². The van der Waals surface area contributed by atoms with Gasteiger partial charge in [0, 0.05) is 11.5 Å². The van der Waals surface area contributed by atoms with Crippen LogP contribution < -0.4 is 20.4 Å². The molecule has 3 rings (SSSR count). The number of benzene rings is 2. The minimum Gasteiger partial charge on any atom is -0.507 e. The van der Waals surface area contributed by atoms with E-state index in [1.54, 1.807) is 30.3 Å². The number of amides is 1. The second kappa shape index (κ2) is 9.30. The highest BCUT2D eigenvalue weighted by Crippen LogP contribution is 2.28. The minimum absolute atomic E-state index is 0.0715. The molecule has 0 bridgehead atoms. The van der Waals surface area contributed by atoms with Gasteiger partial charge in [-0.25, -0.2) is 4.79 Å². The second-order valence-electron chi connectivity index (χ2n) is 6.10. The topological polar surface area (TPSA) is 122 Å². The molecule has 2 aromatic carbocycles. The lowest BCUT2D eigenvalue weighted by Crippen LogP contribution is -2.29. The molecule has 0 radical (unpaired) electrons. The Morgan fingerprint density at radius 1 is 1.20 bits per heavy atom. The van der Waals surface area contributed by atoms with E-state index in [4.69, 9.17) is 13.9 Å². The molecule has 152 valence electrons. The Hall–Kier alpha value is -4.25. The van der Waals surface area contributed by atoms with Gasteiger partial charge >= 0.3 is 5.63 Å². The van der Waals surface area contributed by atoms with Gasteiger partial charge in [0.15, 0.2) is 11.5 Å². The van der Waals surface area contributed by atoms with E-state index in [0.717, 1.165) is 0 Å². The predicted octanol–water partition coefficient (Wildman–Crippen LogP) is 2.61. The summed E-state index contributed by atoms with van der Waals surface area (Å²) in [5, 5.41) is 22.6. The number of fused-ring (bicyclic) bond motifs is 1. The zero-order valence-electron chi connectivity index (χ0n) is 16.0. The van der Waals surface area contributed by atoms with Crippen molar-refractivity contribution in [3.05, 3.63) is 70.1 Å². The quantitative estimate of drug-likeness (QED) is 0.268. The van der Waals surface area contributed by atoms with Gasteiger partial charge in [-0.05, 0) is 36.4 Å². The van der Waals surface area contributed by atoms with Gasteiger partial charge in [-0.3, -0.25) is 4.79 Å². The summed E-state index contributed by atoms with van der Waals surface area (Å²) in [6.45, 7) is 0.283. The Morgan fingerprint density at radius 3 is 2.67 bits per heavy atom. The highest BCUT2D eigenvalue weighted by molar-refractivity contribution is 6.04. The summed E-state index contributed by atoms with van der Waals surface area (Å²) in [5.41, 5.74) is -0.717. The molecule has 0 saturated heterocycles. The molecule has 0 spiro atoms. The first-order valence-corrected chi connectivity index (χ1v) is 8.95. The van der Waals surface area contributed by atoms with Crippen LogP contribution >= 0.6 is 0 Å².